The molecular formula is C18H19ClN2O3. The summed E-state index contributed by atoms with van der Waals surface area (Å²) in [7, 11) is 1.61. The minimum absolute atomic E-state index is 0.160. The molecule has 0 saturated heterocycles. The van der Waals surface area contributed by atoms with Crippen LogP contribution in [0.3, 0.4) is 0 Å². The Bertz CT molecular complexity index is 714. The maximum atomic E-state index is 11.9. The molecule has 0 fully saturated rings. The summed E-state index contributed by atoms with van der Waals surface area (Å²) in [6, 6.07) is 14.5. The molecule has 2 aromatic carbocycles. The van der Waals surface area contributed by atoms with Crippen LogP contribution in [0.15, 0.2) is 53.6 Å². The van der Waals surface area contributed by atoms with Gasteiger partial charge in [0.1, 0.15) is 11.5 Å². The Morgan fingerprint density at radius 2 is 1.88 bits per heavy atom. The molecule has 0 aliphatic carbocycles. The second kappa shape index (κ2) is 8.93. The summed E-state index contributed by atoms with van der Waals surface area (Å²) in [5.41, 5.74) is 4.19. The highest BCUT2D eigenvalue weighted by molar-refractivity contribution is 6.32. The van der Waals surface area contributed by atoms with Gasteiger partial charge in [0.25, 0.3) is 5.91 Å². The Kier molecular flexibility index (Phi) is 6.63. The van der Waals surface area contributed by atoms with Gasteiger partial charge in [0.15, 0.2) is 6.61 Å². The van der Waals surface area contributed by atoms with Gasteiger partial charge in [-0.2, -0.15) is 5.10 Å². The van der Waals surface area contributed by atoms with Gasteiger partial charge < -0.3 is 9.47 Å². The maximum Gasteiger partial charge on any atom is 0.277 e. The number of nitrogens with zero attached hydrogens (tertiary/aromatic N) is 1. The van der Waals surface area contributed by atoms with Crippen molar-refractivity contribution in [2.45, 2.75) is 13.3 Å². The number of hydrogen-bond donors (Lipinski definition) is 1. The average Bonchev–Trinajstić information content (AvgIpc) is 2.62. The van der Waals surface area contributed by atoms with Crippen LogP contribution in [0.25, 0.3) is 0 Å². The van der Waals surface area contributed by atoms with E-state index in [2.05, 4.69) is 10.5 Å². The fourth-order valence-electron chi connectivity index (χ4n) is 2.00. The molecule has 6 heteroatoms. The van der Waals surface area contributed by atoms with Crippen LogP contribution >= 0.6 is 11.6 Å². The van der Waals surface area contributed by atoms with Crippen LogP contribution in [-0.4, -0.2) is 25.3 Å². The number of amides is 1. The Hall–Kier alpha value is -2.53. The van der Waals surface area contributed by atoms with Crippen molar-refractivity contribution in [3.8, 4) is 11.5 Å². The van der Waals surface area contributed by atoms with Crippen LogP contribution in [0.4, 0.5) is 0 Å². The van der Waals surface area contributed by atoms with Crippen LogP contribution < -0.4 is 14.9 Å². The highest BCUT2D eigenvalue weighted by Gasteiger charge is 2.06. The first-order chi connectivity index (χ1) is 11.6. The molecule has 0 aromatic heterocycles. The zero-order valence-electron chi connectivity index (χ0n) is 13.6. The molecule has 2 rings (SSSR count). The minimum atomic E-state index is -0.352. The lowest BCUT2D eigenvalue weighted by molar-refractivity contribution is -0.123. The van der Waals surface area contributed by atoms with Crippen molar-refractivity contribution in [2.24, 2.45) is 5.10 Å². The van der Waals surface area contributed by atoms with Crippen molar-refractivity contribution >= 4 is 23.2 Å². The fraction of sp³-hybridized carbons (Fsp3) is 0.222. The van der Waals surface area contributed by atoms with Gasteiger partial charge in [0, 0.05) is 0 Å². The number of hydrazone groups is 1. The second-order valence-electron chi connectivity index (χ2n) is 4.89. The van der Waals surface area contributed by atoms with Gasteiger partial charge in [-0.15, -0.1) is 0 Å². The SMILES string of the molecule is CC/C(=N/NC(=O)COc1ccccc1Cl)c1ccc(OC)cc1. The van der Waals surface area contributed by atoms with Crippen LogP contribution in [0.5, 0.6) is 11.5 Å². The van der Waals surface area contributed by atoms with E-state index in [1.54, 1.807) is 31.4 Å². The van der Waals surface area contributed by atoms with E-state index in [1.165, 1.54) is 0 Å². The molecule has 2 aromatic rings. The summed E-state index contributed by atoms with van der Waals surface area (Å²) in [6.07, 6.45) is 0.679. The van der Waals surface area contributed by atoms with Crippen LogP contribution in [0, 0.1) is 0 Å². The number of carbonyl (C=O) groups is 1. The van der Waals surface area contributed by atoms with Gasteiger partial charge in [-0.1, -0.05) is 30.7 Å². The molecular weight excluding hydrogens is 328 g/mol. The third kappa shape index (κ3) is 4.99. The molecule has 0 saturated carbocycles. The van der Waals surface area contributed by atoms with Gasteiger partial charge in [0.05, 0.1) is 17.8 Å². The van der Waals surface area contributed by atoms with Crippen LogP contribution in [0.1, 0.15) is 18.9 Å². The normalized spacial score (nSPS) is 11.0. The van der Waals surface area contributed by atoms with Gasteiger partial charge in [-0.3, -0.25) is 4.79 Å². The van der Waals surface area contributed by atoms with Crippen molar-refractivity contribution in [1.82, 2.24) is 5.43 Å². The highest BCUT2D eigenvalue weighted by atomic mass is 35.5. The Morgan fingerprint density at radius 3 is 2.50 bits per heavy atom. The smallest absolute Gasteiger partial charge is 0.277 e. The standard InChI is InChI=1S/C18H19ClN2O3/c1-3-16(13-8-10-14(23-2)11-9-13)20-21-18(22)12-24-17-7-5-4-6-15(17)19/h4-11H,3,12H2,1-2H3,(H,21,22)/b20-16-. The number of carbonyl (C=O) groups excluding carboxylic acids is 1. The first-order valence-electron chi connectivity index (χ1n) is 7.51. The lowest BCUT2D eigenvalue weighted by Gasteiger charge is -2.08. The number of benzene rings is 2. The molecule has 0 heterocycles. The number of halogens is 1. The molecule has 126 valence electrons. The molecule has 0 spiro atoms. The largest absolute Gasteiger partial charge is 0.497 e. The number of para-hydroxylation sites is 1. The van der Waals surface area contributed by atoms with E-state index in [1.807, 2.05) is 31.2 Å². The lowest BCUT2D eigenvalue weighted by atomic mass is 10.1. The predicted molar refractivity (Wildman–Crippen MR) is 94.9 cm³/mol. The van der Waals surface area contributed by atoms with E-state index in [9.17, 15) is 4.79 Å². The molecule has 1 N–H and O–H groups in total. The summed E-state index contributed by atoms with van der Waals surface area (Å²) in [5, 5.41) is 4.63. The monoisotopic (exact) mass is 346 g/mol. The number of nitrogens with one attached hydrogen (secondary N) is 1. The Balaban J connectivity index is 1.94. The molecule has 24 heavy (non-hydrogen) atoms. The first-order valence-corrected chi connectivity index (χ1v) is 7.89. The van der Waals surface area contributed by atoms with E-state index in [0.717, 1.165) is 17.0 Å². The molecule has 0 aliphatic heterocycles. The van der Waals surface area contributed by atoms with E-state index in [-0.39, 0.29) is 12.5 Å². The summed E-state index contributed by atoms with van der Waals surface area (Å²) < 4.78 is 10.5. The van der Waals surface area contributed by atoms with Gasteiger partial charge in [0.2, 0.25) is 0 Å². The second-order valence-corrected chi connectivity index (χ2v) is 5.30. The lowest BCUT2D eigenvalue weighted by Crippen LogP contribution is -2.26. The van der Waals surface area contributed by atoms with Crippen molar-refractivity contribution in [1.29, 1.82) is 0 Å². The van der Waals surface area contributed by atoms with Crippen LogP contribution in [0.2, 0.25) is 5.02 Å². The van der Waals surface area contributed by atoms with E-state index in [4.69, 9.17) is 21.1 Å². The average molecular weight is 347 g/mol. The topological polar surface area (TPSA) is 59.9 Å². The highest BCUT2D eigenvalue weighted by Crippen LogP contribution is 2.22. The predicted octanol–water partition coefficient (Wildman–Crippen LogP) is 3.66. The van der Waals surface area contributed by atoms with Crippen molar-refractivity contribution < 1.29 is 14.3 Å². The zero-order chi connectivity index (χ0) is 17.4. The van der Waals surface area contributed by atoms with Crippen molar-refractivity contribution in [3.63, 3.8) is 0 Å². The molecule has 0 atom stereocenters. The van der Waals surface area contributed by atoms with Crippen molar-refractivity contribution in [3.05, 3.63) is 59.1 Å². The summed E-state index contributed by atoms with van der Waals surface area (Å²) >= 11 is 5.97. The number of rotatable bonds is 7. The molecule has 5 nitrogen and oxygen atoms in total. The third-order valence-corrected chi connectivity index (χ3v) is 3.58. The minimum Gasteiger partial charge on any atom is -0.497 e. The molecule has 0 bridgehead atoms. The molecule has 0 unspecified atom stereocenters. The van der Waals surface area contributed by atoms with E-state index in [0.29, 0.717) is 17.2 Å². The van der Waals surface area contributed by atoms with Gasteiger partial charge >= 0.3 is 0 Å². The van der Waals surface area contributed by atoms with E-state index < -0.39 is 0 Å². The van der Waals surface area contributed by atoms with Crippen molar-refractivity contribution in [2.75, 3.05) is 13.7 Å². The number of ether oxygens (including phenoxy) is 2. The maximum absolute atomic E-state index is 11.9. The molecule has 1 amide bonds. The molecule has 0 aliphatic rings. The van der Waals surface area contributed by atoms with Crippen LogP contribution in [-0.2, 0) is 4.79 Å². The summed E-state index contributed by atoms with van der Waals surface area (Å²) in [5.74, 6) is 0.880. The summed E-state index contributed by atoms with van der Waals surface area (Å²) in [4.78, 5) is 11.9. The Morgan fingerprint density at radius 1 is 1.17 bits per heavy atom. The quantitative estimate of drug-likeness (QED) is 0.615. The molecule has 0 radical (unpaired) electrons. The fourth-order valence-corrected chi connectivity index (χ4v) is 2.19. The Labute approximate surface area is 146 Å². The zero-order valence-corrected chi connectivity index (χ0v) is 14.3. The number of hydrogen-bond acceptors (Lipinski definition) is 4. The third-order valence-electron chi connectivity index (χ3n) is 3.27. The van der Waals surface area contributed by atoms with Gasteiger partial charge in [-0.05, 0) is 48.4 Å². The first kappa shape index (κ1) is 17.8. The van der Waals surface area contributed by atoms with E-state index >= 15 is 0 Å². The number of methoxy groups -OCH3 is 1. The summed E-state index contributed by atoms with van der Waals surface area (Å²) in [6.45, 7) is 1.81. The van der Waals surface area contributed by atoms with Gasteiger partial charge in [-0.25, -0.2) is 5.43 Å².